The van der Waals surface area contributed by atoms with E-state index in [1.165, 1.54) is 9.39 Å². The van der Waals surface area contributed by atoms with E-state index in [-0.39, 0.29) is 0 Å². The fourth-order valence-electron chi connectivity index (χ4n) is 0.566. The van der Waals surface area contributed by atoms with Gasteiger partial charge in [0.05, 0.1) is 0 Å². The molecular weight excluding hydrogens is 340 g/mol. The third-order valence-corrected chi connectivity index (χ3v) is 4.11. The molecule has 0 spiro atoms. The maximum Gasteiger partial charge on any atom is 0.355 e. The van der Waals surface area contributed by atoms with Crippen molar-refractivity contribution in [2.75, 3.05) is 0 Å². The molecule has 1 heterocycles. The Labute approximate surface area is 82.1 Å². The highest BCUT2D eigenvalue weighted by Crippen LogP contribution is 2.00. The van der Waals surface area contributed by atoms with Gasteiger partial charge in [-0.2, -0.15) is 0 Å². The van der Waals surface area contributed by atoms with Crippen LogP contribution < -0.4 is 2.78 Å². The SMILES string of the molecule is Cc1cccc(I)[n+]1I. The fourth-order valence-corrected chi connectivity index (χ4v) is 1.48. The van der Waals surface area contributed by atoms with Crippen molar-refractivity contribution in [1.29, 1.82) is 0 Å². The number of hydrogen-bond donors (Lipinski definition) is 0. The lowest BCUT2D eigenvalue weighted by atomic mass is 10.4. The second-order valence-corrected chi connectivity index (χ2v) is 3.84. The van der Waals surface area contributed by atoms with E-state index in [0.29, 0.717) is 0 Å². The largest absolute Gasteiger partial charge is 0.355 e. The first-order valence-electron chi connectivity index (χ1n) is 2.55. The molecule has 0 saturated carbocycles. The molecule has 0 unspecified atom stereocenters. The number of halogens is 2. The van der Waals surface area contributed by atoms with Gasteiger partial charge in [0.25, 0.3) is 0 Å². The van der Waals surface area contributed by atoms with E-state index >= 15 is 0 Å². The molecule has 0 saturated heterocycles. The molecule has 1 aromatic rings. The Morgan fingerprint density at radius 3 is 2.56 bits per heavy atom. The van der Waals surface area contributed by atoms with Crippen molar-refractivity contribution in [1.82, 2.24) is 0 Å². The highest BCUT2D eigenvalue weighted by molar-refractivity contribution is 14.1. The molecule has 1 nitrogen and oxygen atoms in total. The van der Waals surface area contributed by atoms with Crippen molar-refractivity contribution in [3.05, 3.63) is 27.6 Å². The van der Waals surface area contributed by atoms with Crippen molar-refractivity contribution < 1.29 is 2.78 Å². The average Bonchev–Trinajstić information content (AvgIpc) is 1.83. The Bertz CT molecular complexity index is 202. The number of pyridine rings is 1. The molecule has 0 aliphatic carbocycles. The maximum absolute atomic E-state index is 2.31. The summed E-state index contributed by atoms with van der Waals surface area (Å²) in [5.41, 5.74) is 1.28. The van der Waals surface area contributed by atoms with Crippen LogP contribution in [0.15, 0.2) is 18.2 Å². The van der Waals surface area contributed by atoms with Crippen molar-refractivity contribution in [2.24, 2.45) is 0 Å². The summed E-state index contributed by atoms with van der Waals surface area (Å²) in [7, 11) is 0. The molecule has 3 heteroatoms. The standard InChI is InChI=1S/C6H6I2N/c1-5-3-2-4-6(7)9(5)8/h2-4H,1H3/q+1. The molecule has 1 aromatic heterocycles. The van der Waals surface area contributed by atoms with Crippen LogP contribution in [0.1, 0.15) is 5.69 Å². The summed E-state index contributed by atoms with van der Waals surface area (Å²) in [6.45, 7) is 2.09. The summed E-state index contributed by atoms with van der Waals surface area (Å²) >= 11 is 4.58. The number of aromatic nitrogens is 1. The summed E-state index contributed by atoms with van der Waals surface area (Å²) in [5, 5.41) is 0. The average molecular weight is 346 g/mol. The maximum atomic E-state index is 2.31. The molecule has 0 N–H and O–H groups in total. The number of nitrogens with zero attached hydrogens (tertiary/aromatic N) is 1. The minimum absolute atomic E-state index is 1.26. The van der Waals surface area contributed by atoms with Gasteiger partial charge in [0.1, 0.15) is 0 Å². The summed E-state index contributed by atoms with van der Waals surface area (Å²) in [6.07, 6.45) is 0. The van der Waals surface area contributed by atoms with Crippen LogP contribution in [0.3, 0.4) is 0 Å². The summed E-state index contributed by atoms with van der Waals surface area (Å²) < 4.78 is 3.38. The second kappa shape index (κ2) is 3.14. The van der Waals surface area contributed by atoms with E-state index in [9.17, 15) is 0 Å². The first kappa shape index (κ1) is 7.71. The van der Waals surface area contributed by atoms with Crippen LogP contribution in [0, 0.1) is 10.6 Å². The molecule has 9 heavy (non-hydrogen) atoms. The Morgan fingerprint density at radius 1 is 1.44 bits per heavy atom. The smallest absolute Gasteiger partial charge is 0.129 e. The Hall–Kier alpha value is 0.610. The molecule has 0 aliphatic heterocycles. The third-order valence-electron chi connectivity index (χ3n) is 1.07. The monoisotopic (exact) mass is 346 g/mol. The highest BCUT2D eigenvalue weighted by Gasteiger charge is 2.05. The van der Waals surface area contributed by atoms with Gasteiger partial charge in [-0.3, -0.25) is 0 Å². The first-order valence-corrected chi connectivity index (χ1v) is 4.59. The van der Waals surface area contributed by atoms with Gasteiger partial charge in [0.2, 0.25) is 3.70 Å². The molecule has 1 rings (SSSR count). The van der Waals surface area contributed by atoms with Crippen LogP contribution in [0.5, 0.6) is 0 Å². The van der Waals surface area contributed by atoms with Crippen molar-refractivity contribution >= 4 is 45.5 Å². The van der Waals surface area contributed by atoms with Gasteiger partial charge in [-0.1, -0.05) is 0 Å². The lowest BCUT2D eigenvalue weighted by molar-refractivity contribution is -0.464. The minimum Gasteiger partial charge on any atom is -0.129 e. The van der Waals surface area contributed by atoms with Crippen LogP contribution in [0.4, 0.5) is 0 Å². The predicted octanol–water partition coefficient (Wildman–Crippen LogP) is 2.09. The van der Waals surface area contributed by atoms with Crippen LogP contribution in [-0.2, 0) is 0 Å². The molecule has 0 radical (unpaired) electrons. The molecule has 0 bridgehead atoms. The number of hydrogen-bond acceptors (Lipinski definition) is 0. The van der Waals surface area contributed by atoms with Crippen molar-refractivity contribution in [3.63, 3.8) is 0 Å². The molecule has 0 amide bonds. The zero-order chi connectivity index (χ0) is 6.85. The van der Waals surface area contributed by atoms with Crippen molar-refractivity contribution in [3.8, 4) is 0 Å². The fraction of sp³-hybridized carbons (Fsp3) is 0.167. The molecule has 0 atom stereocenters. The summed E-state index contributed by atoms with van der Waals surface area (Å²) in [5.74, 6) is 0. The van der Waals surface area contributed by atoms with E-state index in [4.69, 9.17) is 0 Å². The van der Waals surface area contributed by atoms with Gasteiger partial charge in [-0.15, -0.1) is 2.78 Å². The zero-order valence-electron chi connectivity index (χ0n) is 4.94. The van der Waals surface area contributed by atoms with E-state index in [1.807, 2.05) is 0 Å². The molecule has 0 aliphatic rings. The van der Waals surface area contributed by atoms with Gasteiger partial charge >= 0.3 is 22.9 Å². The van der Waals surface area contributed by atoms with Crippen molar-refractivity contribution in [2.45, 2.75) is 6.92 Å². The first-order chi connectivity index (χ1) is 4.22. The highest BCUT2D eigenvalue weighted by atomic mass is 127. The third kappa shape index (κ3) is 1.76. The Kier molecular flexibility index (Phi) is 2.69. The van der Waals surface area contributed by atoms with E-state index in [2.05, 4.69) is 73.4 Å². The lowest BCUT2D eigenvalue weighted by Crippen LogP contribution is -2.26. The zero-order valence-corrected chi connectivity index (χ0v) is 9.25. The van der Waals surface area contributed by atoms with E-state index in [0.717, 1.165) is 0 Å². The van der Waals surface area contributed by atoms with Crippen LogP contribution in [0.2, 0.25) is 0 Å². The van der Waals surface area contributed by atoms with Crippen LogP contribution in [0.25, 0.3) is 0 Å². The van der Waals surface area contributed by atoms with Gasteiger partial charge in [-0.05, 0) is 6.07 Å². The van der Waals surface area contributed by atoms with Crippen LogP contribution in [-0.4, -0.2) is 0 Å². The van der Waals surface area contributed by atoms with Gasteiger partial charge in [-0.25, -0.2) is 0 Å². The van der Waals surface area contributed by atoms with Gasteiger partial charge in [0.15, 0.2) is 5.69 Å². The minimum atomic E-state index is 1.26. The van der Waals surface area contributed by atoms with Gasteiger partial charge < -0.3 is 0 Å². The molecular formula is C6H6I2N+. The molecule has 48 valence electrons. The summed E-state index contributed by atoms with van der Waals surface area (Å²) in [6, 6.07) is 6.24. The van der Waals surface area contributed by atoms with E-state index in [1.54, 1.807) is 0 Å². The normalized spacial score (nSPS) is 9.67. The molecule has 0 aromatic carbocycles. The topological polar surface area (TPSA) is 3.88 Å². The predicted molar refractivity (Wildman–Crippen MR) is 53.5 cm³/mol. The Morgan fingerprint density at radius 2 is 2.11 bits per heavy atom. The second-order valence-electron chi connectivity index (χ2n) is 1.77. The number of rotatable bonds is 0. The molecule has 0 fully saturated rings. The number of aryl methyl sites for hydroxylation is 1. The summed E-state index contributed by atoms with van der Waals surface area (Å²) in [4.78, 5) is 0. The van der Waals surface area contributed by atoms with Gasteiger partial charge in [0, 0.05) is 41.6 Å². The van der Waals surface area contributed by atoms with Crippen LogP contribution >= 0.6 is 45.5 Å². The Balaban J connectivity index is 3.25. The lowest BCUT2D eigenvalue weighted by Gasteiger charge is -1.89. The quantitative estimate of drug-likeness (QED) is 0.501. The van der Waals surface area contributed by atoms with E-state index < -0.39 is 0 Å².